The minimum absolute atomic E-state index is 0. The molecule has 0 aliphatic carbocycles. The van der Waals surface area contributed by atoms with Crippen molar-refractivity contribution < 1.29 is 85.1 Å². The molecule has 0 spiro atoms. The number of hydrazone groups is 2. The Labute approximate surface area is 320 Å². The van der Waals surface area contributed by atoms with Crippen molar-refractivity contribution in [3.8, 4) is 0 Å². The van der Waals surface area contributed by atoms with Crippen LogP contribution in [0.1, 0.15) is 22.3 Å². The first-order valence-corrected chi connectivity index (χ1v) is 15.9. The van der Waals surface area contributed by atoms with Crippen molar-refractivity contribution in [1.29, 1.82) is 0 Å². The van der Waals surface area contributed by atoms with Crippen LogP contribution in [0.3, 0.4) is 0 Å². The standard InChI is InChI=1S/C30H26N6O8S2.2Na/c37-31-19-27(21-7-3-1-4-8-21)35-33-25-15-13-23(29(17-25)45(39,40)41)11-12-24-14-16-26(18-30(24)46(42,43)44)34-36-28(20-32-38)22-9-5-2-6-10-22;;/h1-20,33-34,37-38H,(H,39,40,41)(H,42,43,44);;/q;2*+1/p-2/b12-11+,31-19-,32-20-,35-27-,36-28-;;. The van der Waals surface area contributed by atoms with Gasteiger partial charge in [0.15, 0.2) is 0 Å². The van der Waals surface area contributed by atoms with Crippen LogP contribution >= 0.6 is 0 Å². The normalized spacial score (nSPS) is 12.5. The van der Waals surface area contributed by atoms with Gasteiger partial charge in [0.05, 0.1) is 11.4 Å². The van der Waals surface area contributed by atoms with E-state index in [9.17, 15) is 36.4 Å². The van der Waals surface area contributed by atoms with Crippen molar-refractivity contribution in [2.45, 2.75) is 9.79 Å². The molecule has 4 N–H and O–H groups in total. The maximum atomic E-state index is 12.2. The SMILES string of the molecule is O=S(=O)(O)c1cc(N/N=C(/C=N\[O-])c2ccccc2)ccc1/C=C/c1ccc(N/N=C(/C=N\[O-])c2ccccc2)cc1S(=O)(=O)O.[Na+].[Na+]. The van der Waals surface area contributed by atoms with Crippen LogP contribution in [0.4, 0.5) is 11.4 Å². The zero-order valence-electron chi connectivity index (χ0n) is 25.5. The molecule has 236 valence electrons. The topological polar surface area (TPSA) is 228 Å². The Kier molecular flexibility index (Phi) is 15.8. The Morgan fingerprint density at radius 1 is 0.583 bits per heavy atom. The fourth-order valence-electron chi connectivity index (χ4n) is 4.01. The van der Waals surface area contributed by atoms with E-state index in [4.69, 9.17) is 0 Å². The molecule has 0 aliphatic rings. The second kappa shape index (κ2) is 18.8. The Morgan fingerprint density at radius 2 is 0.938 bits per heavy atom. The molecule has 0 heterocycles. The fraction of sp³-hybridized carbons (Fsp3) is 0. The second-order valence-corrected chi connectivity index (χ2v) is 12.0. The van der Waals surface area contributed by atoms with Crippen LogP contribution in [0.25, 0.3) is 12.2 Å². The minimum atomic E-state index is -4.79. The molecule has 4 aromatic carbocycles. The Morgan fingerprint density at radius 3 is 1.25 bits per heavy atom. The van der Waals surface area contributed by atoms with E-state index in [2.05, 4.69) is 31.4 Å². The van der Waals surface area contributed by atoms with E-state index in [0.29, 0.717) is 11.1 Å². The molecule has 0 atom stereocenters. The van der Waals surface area contributed by atoms with Gasteiger partial charge >= 0.3 is 59.1 Å². The summed E-state index contributed by atoms with van der Waals surface area (Å²) in [5, 5.41) is 35.4. The third kappa shape index (κ3) is 11.5. The number of hydrogen-bond donors (Lipinski definition) is 4. The van der Waals surface area contributed by atoms with Gasteiger partial charge in [0.25, 0.3) is 20.2 Å². The molecule has 0 amide bonds. The first kappa shape index (κ1) is 40.5. The average molecular weight is 707 g/mol. The summed E-state index contributed by atoms with van der Waals surface area (Å²) in [5.41, 5.74) is 6.86. The van der Waals surface area contributed by atoms with Gasteiger partial charge in [-0.15, -0.1) is 0 Å². The zero-order chi connectivity index (χ0) is 33.2. The number of nitrogens with zero attached hydrogens (tertiary/aromatic N) is 4. The molecule has 18 heteroatoms. The van der Waals surface area contributed by atoms with E-state index in [0.717, 1.165) is 24.6 Å². The first-order valence-electron chi connectivity index (χ1n) is 13.0. The predicted molar refractivity (Wildman–Crippen MR) is 178 cm³/mol. The maximum Gasteiger partial charge on any atom is 1.00 e. The van der Waals surface area contributed by atoms with Gasteiger partial charge in [-0.2, -0.15) is 27.0 Å². The fourth-order valence-corrected chi connectivity index (χ4v) is 5.43. The zero-order valence-corrected chi connectivity index (χ0v) is 31.1. The van der Waals surface area contributed by atoms with E-state index in [1.54, 1.807) is 60.7 Å². The molecule has 0 radical (unpaired) electrons. The molecular weight excluding hydrogens is 682 g/mol. The molecule has 0 aliphatic heterocycles. The van der Waals surface area contributed by atoms with Gasteiger partial charge in [0.1, 0.15) is 21.2 Å². The summed E-state index contributed by atoms with van der Waals surface area (Å²) in [6, 6.07) is 24.8. The summed E-state index contributed by atoms with van der Waals surface area (Å²) >= 11 is 0. The van der Waals surface area contributed by atoms with E-state index < -0.39 is 30.0 Å². The number of benzene rings is 4. The van der Waals surface area contributed by atoms with Gasteiger partial charge in [0.2, 0.25) is 0 Å². The van der Waals surface area contributed by atoms with Crippen LogP contribution < -0.4 is 70.0 Å². The molecule has 0 unspecified atom stereocenters. The summed E-state index contributed by atoms with van der Waals surface area (Å²) < 4.78 is 68.8. The smallest absolute Gasteiger partial charge is 0.792 e. The number of hydrogen-bond acceptors (Lipinski definition) is 12. The molecule has 0 aromatic heterocycles. The number of nitrogens with one attached hydrogen (secondary N) is 2. The Balaban J connectivity index is 0.00000400. The average Bonchev–Trinajstić information content (AvgIpc) is 3.04. The quantitative estimate of drug-likeness (QED) is 0.0468. The van der Waals surface area contributed by atoms with Gasteiger partial charge in [-0.25, -0.2) is 0 Å². The van der Waals surface area contributed by atoms with Crippen molar-refractivity contribution in [3.63, 3.8) is 0 Å². The number of rotatable bonds is 12. The molecule has 14 nitrogen and oxygen atoms in total. The molecule has 4 aromatic rings. The molecule has 0 saturated carbocycles. The van der Waals surface area contributed by atoms with Gasteiger partial charge < -0.3 is 20.7 Å². The molecular formula is C30H24N6Na2O8S2. The minimum Gasteiger partial charge on any atom is -0.792 e. The summed E-state index contributed by atoms with van der Waals surface area (Å²) in [7, 11) is -9.58. The third-order valence-corrected chi connectivity index (χ3v) is 7.94. The van der Waals surface area contributed by atoms with Crippen molar-refractivity contribution in [2.75, 3.05) is 10.9 Å². The van der Waals surface area contributed by atoms with Crippen LogP contribution in [0, 0.1) is 10.4 Å². The summed E-state index contributed by atoms with van der Waals surface area (Å²) in [4.78, 5) is -1.09. The predicted octanol–water partition coefficient (Wildman–Crippen LogP) is -0.872. The van der Waals surface area contributed by atoms with Gasteiger partial charge in [-0.1, -0.05) is 84.9 Å². The largest absolute Gasteiger partial charge is 1.00 e. The van der Waals surface area contributed by atoms with Crippen LogP contribution in [0.5, 0.6) is 0 Å². The van der Waals surface area contributed by atoms with Gasteiger partial charge in [-0.05, 0) is 35.4 Å². The van der Waals surface area contributed by atoms with E-state index >= 15 is 0 Å². The van der Waals surface area contributed by atoms with E-state index in [-0.39, 0.29) is 93.0 Å². The molecule has 0 fully saturated rings. The van der Waals surface area contributed by atoms with Gasteiger partial charge in [0, 0.05) is 23.6 Å². The number of anilines is 2. The van der Waals surface area contributed by atoms with Crippen LogP contribution in [0.2, 0.25) is 0 Å². The second-order valence-electron chi connectivity index (χ2n) is 9.21. The maximum absolute atomic E-state index is 12.2. The van der Waals surface area contributed by atoms with Crippen LogP contribution in [0.15, 0.2) is 127 Å². The summed E-state index contributed by atoms with van der Waals surface area (Å²) in [6.45, 7) is 0. The van der Waals surface area contributed by atoms with Crippen molar-refractivity contribution in [2.24, 2.45) is 20.5 Å². The monoisotopic (exact) mass is 706 g/mol. The third-order valence-electron chi connectivity index (χ3n) is 6.13. The van der Waals surface area contributed by atoms with Crippen LogP contribution in [-0.2, 0) is 20.2 Å². The summed E-state index contributed by atoms with van der Waals surface area (Å²) in [5.74, 6) is 0. The van der Waals surface area contributed by atoms with Crippen molar-refractivity contribution in [3.05, 3.63) is 130 Å². The van der Waals surface area contributed by atoms with E-state index in [1.807, 2.05) is 0 Å². The molecule has 4 rings (SSSR count). The van der Waals surface area contributed by atoms with E-state index in [1.165, 1.54) is 36.4 Å². The Hall–Kier alpha value is -3.68. The molecule has 0 bridgehead atoms. The van der Waals surface area contributed by atoms with Crippen LogP contribution in [-0.4, -0.2) is 49.8 Å². The Bertz CT molecular complexity index is 1930. The van der Waals surface area contributed by atoms with Crippen molar-refractivity contribution >= 4 is 67.6 Å². The molecule has 48 heavy (non-hydrogen) atoms. The molecule has 0 saturated heterocycles. The van der Waals surface area contributed by atoms with Gasteiger partial charge in [-0.3, -0.25) is 20.0 Å². The van der Waals surface area contributed by atoms with Crippen molar-refractivity contribution in [1.82, 2.24) is 0 Å². The summed E-state index contributed by atoms with van der Waals surface area (Å²) in [6.07, 6.45) is 4.38. The first-order chi connectivity index (χ1) is 22.0.